The molecule has 2 unspecified atom stereocenters. The molecule has 0 bridgehead atoms. The Morgan fingerprint density at radius 1 is 1.30 bits per heavy atom. The number of benzene rings is 1. The molecular formula is C14H20ClNO3S. The van der Waals surface area contributed by atoms with E-state index in [1.54, 1.807) is 12.1 Å². The first-order chi connectivity index (χ1) is 9.34. The van der Waals surface area contributed by atoms with Crippen molar-refractivity contribution in [1.29, 1.82) is 0 Å². The standard InChI is InChI=1S/C14H20ClNO3S/c1-10-7-8-14(11(15)9-10)20(18,19)16(2)12-5-3-4-6-13(12)17/h7-9,12-13,17H,3-6H2,1-2H3. The summed E-state index contributed by atoms with van der Waals surface area (Å²) >= 11 is 6.07. The van der Waals surface area contributed by atoms with Gasteiger partial charge in [-0.15, -0.1) is 0 Å². The summed E-state index contributed by atoms with van der Waals surface area (Å²) in [5.41, 5.74) is 0.911. The molecule has 112 valence electrons. The Balaban J connectivity index is 2.33. The molecule has 2 rings (SSSR count). The van der Waals surface area contributed by atoms with Gasteiger partial charge in [-0.05, 0) is 37.5 Å². The maximum atomic E-state index is 12.6. The van der Waals surface area contributed by atoms with Gasteiger partial charge in [0.1, 0.15) is 4.90 Å². The van der Waals surface area contributed by atoms with Gasteiger partial charge >= 0.3 is 0 Å². The largest absolute Gasteiger partial charge is 0.391 e. The highest BCUT2D eigenvalue weighted by Gasteiger charge is 2.35. The van der Waals surface area contributed by atoms with E-state index in [4.69, 9.17) is 11.6 Å². The molecule has 0 spiro atoms. The van der Waals surface area contributed by atoms with Gasteiger partial charge in [0, 0.05) is 7.05 Å². The molecule has 6 heteroatoms. The number of hydrogen-bond donors (Lipinski definition) is 1. The van der Waals surface area contributed by atoms with Crippen LogP contribution in [0.3, 0.4) is 0 Å². The van der Waals surface area contributed by atoms with Crippen molar-refractivity contribution in [1.82, 2.24) is 4.31 Å². The molecular weight excluding hydrogens is 298 g/mol. The monoisotopic (exact) mass is 317 g/mol. The Bertz CT molecular complexity index is 588. The van der Waals surface area contributed by atoms with Crippen molar-refractivity contribution in [2.75, 3.05) is 7.05 Å². The summed E-state index contributed by atoms with van der Waals surface area (Å²) < 4.78 is 26.6. The van der Waals surface area contributed by atoms with Gasteiger partial charge < -0.3 is 5.11 Å². The quantitative estimate of drug-likeness (QED) is 0.932. The van der Waals surface area contributed by atoms with E-state index in [1.807, 2.05) is 6.92 Å². The third-order valence-corrected chi connectivity index (χ3v) is 6.27. The fourth-order valence-corrected chi connectivity index (χ4v) is 4.65. The van der Waals surface area contributed by atoms with Gasteiger partial charge in [0.15, 0.2) is 0 Å². The Labute approximate surface area is 125 Å². The lowest BCUT2D eigenvalue weighted by molar-refractivity contribution is 0.0638. The summed E-state index contributed by atoms with van der Waals surface area (Å²) in [7, 11) is -2.16. The van der Waals surface area contributed by atoms with Crippen LogP contribution in [0.4, 0.5) is 0 Å². The lowest BCUT2D eigenvalue weighted by Crippen LogP contribution is -2.46. The van der Waals surface area contributed by atoms with Crippen LogP contribution in [0.1, 0.15) is 31.2 Å². The molecule has 1 aromatic rings. The zero-order valence-corrected chi connectivity index (χ0v) is 13.3. The number of hydrogen-bond acceptors (Lipinski definition) is 3. The zero-order valence-electron chi connectivity index (χ0n) is 11.7. The summed E-state index contributed by atoms with van der Waals surface area (Å²) in [6.45, 7) is 1.86. The SMILES string of the molecule is Cc1ccc(S(=O)(=O)N(C)C2CCCCC2O)c(Cl)c1. The normalized spacial score (nSPS) is 24.1. The van der Waals surface area contributed by atoms with E-state index >= 15 is 0 Å². The van der Waals surface area contributed by atoms with Gasteiger partial charge in [-0.2, -0.15) is 4.31 Å². The summed E-state index contributed by atoms with van der Waals surface area (Å²) in [6.07, 6.45) is 2.60. The molecule has 20 heavy (non-hydrogen) atoms. The minimum atomic E-state index is -3.68. The minimum Gasteiger partial charge on any atom is -0.391 e. The highest BCUT2D eigenvalue weighted by molar-refractivity contribution is 7.89. The highest BCUT2D eigenvalue weighted by Crippen LogP contribution is 2.30. The molecule has 0 aromatic heterocycles. The Kier molecular flexibility index (Phi) is 4.74. The molecule has 0 radical (unpaired) electrons. The second-order valence-electron chi connectivity index (χ2n) is 5.37. The summed E-state index contributed by atoms with van der Waals surface area (Å²) in [5.74, 6) is 0. The van der Waals surface area contributed by atoms with E-state index in [0.717, 1.165) is 18.4 Å². The number of sulfonamides is 1. The maximum Gasteiger partial charge on any atom is 0.244 e. The third kappa shape index (κ3) is 3.01. The second kappa shape index (κ2) is 6.02. The molecule has 1 N–H and O–H groups in total. The molecule has 1 aliphatic carbocycles. The Hall–Kier alpha value is -0.620. The van der Waals surface area contributed by atoms with Crippen molar-refractivity contribution in [3.8, 4) is 0 Å². The number of likely N-dealkylation sites (N-methyl/N-ethyl adjacent to an activating group) is 1. The van der Waals surface area contributed by atoms with Crippen LogP contribution in [0.2, 0.25) is 5.02 Å². The molecule has 0 saturated heterocycles. The van der Waals surface area contributed by atoms with Crippen LogP contribution >= 0.6 is 11.6 Å². The average molecular weight is 318 g/mol. The smallest absolute Gasteiger partial charge is 0.244 e. The molecule has 1 aromatic carbocycles. The minimum absolute atomic E-state index is 0.102. The Morgan fingerprint density at radius 3 is 2.55 bits per heavy atom. The number of aliphatic hydroxyl groups excluding tert-OH is 1. The first-order valence-electron chi connectivity index (χ1n) is 6.76. The first-order valence-corrected chi connectivity index (χ1v) is 8.58. The molecule has 1 saturated carbocycles. The third-order valence-electron chi connectivity index (χ3n) is 3.91. The molecule has 1 fully saturated rings. The number of halogens is 1. The van der Waals surface area contributed by atoms with Crippen molar-refractivity contribution >= 4 is 21.6 Å². The predicted molar refractivity (Wildman–Crippen MR) is 79.4 cm³/mol. The number of aryl methyl sites for hydroxylation is 1. The van der Waals surface area contributed by atoms with Crippen LogP contribution in [0.15, 0.2) is 23.1 Å². The van der Waals surface area contributed by atoms with E-state index in [1.165, 1.54) is 17.4 Å². The first kappa shape index (κ1) is 15.8. The number of aliphatic hydroxyl groups is 1. The van der Waals surface area contributed by atoms with Gasteiger partial charge in [-0.1, -0.05) is 30.5 Å². The molecule has 4 nitrogen and oxygen atoms in total. The average Bonchev–Trinajstić information content (AvgIpc) is 2.38. The van der Waals surface area contributed by atoms with E-state index in [-0.39, 0.29) is 16.0 Å². The topological polar surface area (TPSA) is 57.6 Å². The van der Waals surface area contributed by atoms with Crippen LogP contribution in [-0.4, -0.2) is 37.0 Å². The fraction of sp³-hybridized carbons (Fsp3) is 0.571. The van der Waals surface area contributed by atoms with Gasteiger partial charge in [-0.25, -0.2) is 8.42 Å². The number of nitrogens with zero attached hydrogens (tertiary/aromatic N) is 1. The number of rotatable bonds is 3. The van der Waals surface area contributed by atoms with Crippen molar-refractivity contribution in [2.45, 2.75) is 49.6 Å². The molecule has 1 aliphatic rings. The summed E-state index contributed by atoms with van der Waals surface area (Å²) in [6, 6.07) is 4.52. The summed E-state index contributed by atoms with van der Waals surface area (Å²) in [4.78, 5) is 0.102. The van der Waals surface area contributed by atoms with E-state index in [2.05, 4.69) is 0 Å². The van der Waals surface area contributed by atoms with Crippen LogP contribution in [0, 0.1) is 6.92 Å². The maximum absolute atomic E-state index is 12.6. The lowest BCUT2D eigenvalue weighted by atomic mass is 9.93. The van der Waals surface area contributed by atoms with Gasteiger partial charge in [-0.3, -0.25) is 0 Å². The van der Waals surface area contributed by atoms with Gasteiger partial charge in [0.05, 0.1) is 17.2 Å². The molecule has 2 atom stereocenters. The zero-order chi connectivity index (χ0) is 14.9. The van der Waals surface area contributed by atoms with E-state index in [0.29, 0.717) is 12.8 Å². The molecule has 0 heterocycles. The van der Waals surface area contributed by atoms with Crippen LogP contribution in [0.25, 0.3) is 0 Å². The van der Waals surface area contributed by atoms with Crippen molar-refractivity contribution < 1.29 is 13.5 Å². The van der Waals surface area contributed by atoms with E-state index < -0.39 is 16.1 Å². The summed E-state index contributed by atoms with van der Waals surface area (Å²) in [5, 5.41) is 10.2. The van der Waals surface area contributed by atoms with Crippen molar-refractivity contribution in [3.05, 3.63) is 28.8 Å². The second-order valence-corrected chi connectivity index (χ2v) is 7.75. The fourth-order valence-electron chi connectivity index (χ4n) is 2.66. The lowest BCUT2D eigenvalue weighted by Gasteiger charge is -2.34. The van der Waals surface area contributed by atoms with Crippen molar-refractivity contribution in [3.63, 3.8) is 0 Å². The van der Waals surface area contributed by atoms with Gasteiger partial charge in [0.2, 0.25) is 10.0 Å². The molecule has 0 aliphatic heterocycles. The van der Waals surface area contributed by atoms with Crippen molar-refractivity contribution in [2.24, 2.45) is 0 Å². The van der Waals surface area contributed by atoms with Gasteiger partial charge in [0.25, 0.3) is 0 Å². The predicted octanol–water partition coefficient (Wildman–Crippen LogP) is 2.57. The molecule has 0 amide bonds. The van der Waals surface area contributed by atoms with E-state index in [9.17, 15) is 13.5 Å². The highest BCUT2D eigenvalue weighted by atomic mass is 35.5. The Morgan fingerprint density at radius 2 is 1.95 bits per heavy atom. The van der Waals surface area contributed by atoms with Crippen LogP contribution in [-0.2, 0) is 10.0 Å². The van der Waals surface area contributed by atoms with Crippen LogP contribution in [0.5, 0.6) is 0 Å². The van der Waals surface area contributed by atoms with Crippen LogP contribution < -0.4 is 0 Å².